The number of aliphatic hydroxyl groups is 1. The lowest BCUT2D eigenvalue weighted by atomic mass is 10.1. The van der Waals surface area contributed by atoms with Crippen molar-refractivity contribution < 1.29 is 14.6 Å². The highest BCUT2D eigenvalue weighted by atomic mass is 16.5. The van der Waals surface area contributed by atoms with Crippen LogP contribution in [0.15, 0.2) is 24.3 Å². The van der Waals surface area contributed by atoms with Crippen molar-refractivity contribution in [3.05, 3.63) is 29.8 Å². The number of hydrogen-bond acceptors (Lipinski definition) is 3. The molecule has 1 unspecified atom stereocenters. The van der Waals surface area contributed by atoms with E-state index in [0.29, 0.717) is 30.4 Å². The normalized spacial score (nSPS) is 16.1. The second kappa shape index (κ2) is 5.87. The molecule has 1 aliphatic rings. The zero-order valence-electron chi connectivity index (χ0n) is 10.6. The van der Waals surface area contributed by atoms with Gasteiger partial charge in [-0.25, -0.2) is 0 Å². The van der Waals surface area contributed by atoms with E-state index in [-0.39, 0.29) is 5.91 Å². The zero-order chi connectivity index (χ0) is 13.0. The Morgan fingerprint density at radius 1 is 1.50 bits per heavy atom. The fourth-order valence-electron chi connectivity index (χ4n) is 1.88. The van der Waals surface area contributed by atoms with Crippen molar-refractivity contribution in [3.63, 3.8) is 0 Å². The van der Waals surface area contributed by atoms with Crippen LogP contribution in [0.4, 0.5) is 0 Å². The first-order valence-electron chi connectivity index (χ1n) is 6.40. The van der Waals surface area contributed by atoms with E-state index < -0.39 is 6.10 Å². The summed E-state index contributed by atoms with van der Waals surface area (Å²) in [6.45, 7) is 2.71. The highest BCUT2D eigenvalue weighted by Gasteiger charge is 2.29. The van der Waals surface area contributed by atoms with E-state index in [2.05, 4.69) is 5.32 Å². The maximum atomic E-state index is 12.0. The minimum Gasteiger partial charge on any atom is -0.493 e. The molecule has 4 nitrogen and oxygen atoms in total. The SMILES string of the molecule is CCOc1ccccc1C(=O)NCC(O)C1CC1. The van der Waals surface area contributed by atoms with Crippen LogP contribution in [0.2, 0.25) is 0 Å². The predicted molar refractivity (Wildman–Crippen MR) is 68.7 cm³/mol. The second-order valence-electron chi connectivity index (χ2n) is 4.54. The summed E-state index contributed by atoms with van der Waals surface area (Å²) in [6.07, 6.45) is 1.70. The largest absolute Gasteiger partial charge is 0.493 e. The Hall–Kier alpha value is -1.55. The number of ether oxygens (including phenoxy) is 1. The highest BCUT2D eigenvalue weighted by molar-refractivity contribution is 5.96. The number of aliphatic hydroxyl groups excluding tert-OH is 1. The third kappa shape index (κ3) is 3.23. The second-order valence-corrected chi connectivity index (χ2v) is 4.54. The van der Waals surface area contributed by atoms with Crippen LogP contribution >= 0.6 is 0 Å². The molecule has 0 aromatic heterocycles. The lowest BCUT2D eigenvalue weighted by Crippen LogP contribution is -2.33. The smallest absolute Gasteiger partial charge is 0.255 e. The minimum atomic E-state index is -0.423. The van der Waals surface area contributed by atoms with Gasteiger partial charge in [-0.2, -0.15) is 0 Å². The molecule has 2 rings (SSSR count). The average Bonchev–Trinajstić information content (AvgIpc) is 3.21. The molecule has 1 fully saturated rings. The van der Waals surface area contributed by atoms with Crippen LogP contribution in [-0.4, -0.2) is 30.3 Å². The predicted octanol–water partition coefficient (Wildman–Crippen LogP) is 1.59. The summed E-state index contributed by atoms with van der Waals surface area (Å²) in [7, 11) is 0. The third-order valence-corrected chi connectivity index (χ3v) is 3.07. The number of para-hydroxylation sites is 1. The maximum Gasteiger partial charge on any atom is 0.255 e. The molecule has 98 valence electrons. The molecule has 1 aliphatic carbocycles. The Labute approximate surface area is 107 Å². The van der Waals surface area contributed by atoms with Crippen molar-refractivity contribution in [3.8, 4) is 5.75 Å². The topological polar surface area (TPSA) is 58.6 Å². The first-order chi connectivity index (χ1) is 8.72. The molecule has 1 amide bonds. The summed E-state index contributed by atoms with van der Waals surface area (Å²) in [4.78, 5) is 12.0. The molecule has 0 bridgehead atoms. The van der Waals surface area contributed by atoms with Crippen molar-refractivity contribution in [2.24, 2.45) is 5.92 Å². The molecule has 1 atom stereocenters. The van der Waals surface area contributed by atoms with Gasteiger partial charge in [-0.3, -0.25) is 4.79 Å². The van der Waals surface area contributed by atoms with E-state index in [9.17, 15) is 9.90 Å². The molecule has 1 aromatic rings. The van der Waals surface area contributed by atoms with Gasteiger partial charge in [0.2, 0.25) is 0 Å². The number of carbonyl (C=O) groups excluding carboxylic acids is 1. The van der Waals surface area contributed by atoms with Gasteiger partial charge >= 0.3 is 0 Å². The highest BCUT2D eigenvalue weighted by Crippen LogP contribution is 2.32. The monoisotopic (exact) mass is 249 g/mol. The fourth-order valence-corrected chi connectivity index (χ4v) is 1.88. The van der Waals surface area contributed by atoms with E-state index in [0.717, 1.165) is 12.8 Å². The van der Waals surface area contributed by atoms with Crippen LogP contribution < -0.4 is 10.1 Å². The number of carbonyl (C=O) groups is 1. The molecule has 18 heavy (non-hydrogen) atoms. The van der Waals surface area contributed by atoms with Gasteiger partial charge < -0.3 is 15.2 Å². The molecule has 2 N–H and O–H groups in total. The van der Waals surface area contributed by atoms with Crippen LogP contribution in [0.3, 0.4) is 0 Å². The van der Waals surface area contributed by atoms with Gasteiger partial charge in [0.1, 0.15) is 5.75 Å². The molecule has 0 spiro atoms. The van der Waals surface area contributed by atoms with Crippen LogP contribution in [0.25, 0.3) is 0 Å². The van der Waals surface area contributed by atoms with Crippen LogP contribution in [-0.2, 0) is 0 Å². The number of hydrogen-bond donors (Lipinski definition) is 2. The van der Waals surface area contributed by atoms with Crippen molar-refractivity contribution in [2.75, 3.05) is 13.2 Å². The van der Waals surface area contributed by atoms with E-state index in [1.165, 1.54) is 0 Å². The van der Waals surface area contributed by atoms with Gasteiger partial charge in [-0.05, 0) is 37.8 Å². The molecular weight excluding hydrogens is 230 g/mol. The summed E-state index contributed by atoms with van der Waals surface area (Å²) in [5.41, 5.74) is 0.516. The minimum absolute atomic E-state index is 0.196. The van der Waals surface area contributed by atoms with Gasteiger partial charge in [0, 0.05) is 6.54 Å². The first-order valence-corrected chi connectivity index (χ1v) is 6.40. The van der Waals surface area contributed by atoms with Crippen LogP contribution in [0.1, 0.15) is 30.1 Å². The summed E-state index contributed by atoms with van der Waals surface area (Å²) in [6, 6.07) is 7.13. The Morgan fingerprint density at radius 2 is 2.22 bits per heavy atom. The number of benzene rings is 1. The van der Waals surface area contributed by atoms with E-state index >= 15 is 0 Å². The number of amides is 1. The van der Waals surface area contributed by atoms with Gasteiger partial charge in [-0.15, -0.1) is 0 Å². The molecule has 1 aromatic carbocycles. The lowest BCUT2D eigenvalue weighted by Gasteiger charge is -2.13. The Bertz CT molecular complexity index is 415. The molecular formula is C14H19NO3. The van der Waals surface area contributed by atoms with E-state index in [4.69, 9.17) is 4.74 Å². The number of rotatable bonds is 6. The molecule has 4 heteroatoms. The van der Waals surface area contributed by atoms with Gasteiger partial charge in [0.25, 0.3) is 5.91 Å². The summed E-state index contributed by atoms with van der Waals surface area (Å²) >= 11 is 0. The molecule has 0 aliphatic heterocycles. The molecule has 0 radical (unpaired) electrons. The Morgan fingerprint density at radius 3 is 2.89 bits per heavy atom. The van der Waals surface area contributed by atoms with E-state index in [1.807, 2.05) is 13.0 Å². The van der Waals surface area contributed by atoms with Gasteiger partial charge in [0.05, 0.1) is 18.3 Å². The van der Waals surface area contributed by atoms with Crippen LogP contribution in [0.5, 0.6) is 5.75 Å². The third-order valence-electron chi connectivity index (χ3n) is 3.07. The Kier molecular flexibility index (Phi) is 4.20. The van der Waals surface area contributed by atoms with Crippen molar-refractivity contribution in [2.45, 2.75) is 25.9 Å². The zero-order valence-corrected chi connectivity index (χ0v) is 10.6. The maximum absolute atomic E-state index is 12.0. The summed E-state index contributed by atoms with van der Waals surface area (Å²) in [5, 5.41) is 12.5. The van der Waals surface area contributed by atoms with Crippen molar-refractivity contribution in [1.29, 1.82) is 0 Å². The van der Waals surface area contributed by atoms with Crippen molar-refractivity contribution in [1.82, 2.24) is 5.32 Å². The molecule has 1 saturated carbocycles. The first kappa shape index (κ1) is 12.9. The lowest BCUT2D eigenvalue weighted by molar-refractivity contribution is 0.0897. The quantitative estimate of drug-likeness (QED) is 0.805. The summed E-state index contributed by atoms with van der Waals surface area (Å²) < 4.78 is 5.40. The molecule has 0 heterocycles. The standard InChI is InChI=1S/C14H19NO3/c1-2-18-13-6-4-3-5-11(13)14(17)15-9-12(16)10-7-8-10/h3-6,10,12,16H,2,7-9H2,1H3,(H,15,17). The average molecular weight is 249 g/mol. The van der Waals surface area contributed by atoms with Crippen molar-refractivity contribution >= 4 is 5.91 Å². The van der Waals surface area contributed by atoms with Crippen LogP contribution in [0, 0.1) is 5.92 Å². The molecule has 0 saturated heterocycles. The Balaban J connectivity index is 1.94. The van der Waals surface area contributed by atoms with E-state index in [1.54, 1.807) is 18.2 Å². The van der Waals surface area contributed by atoms with Gasteiger partial charge in [-0.1, -0.05) is 12.1 Å². The summed E-state index contributed by atoms with van der Waals surface area (Å²) in [5.74, 6) is 0.754. The van der Waals surface area contributed by atoms with Gasteiger partial charge in [0.15, 0.2) is 0 Å². The number of nitrogens with one attached hydrogen (secondary N) is 1. The fraction of sp³-hybridized carbons (Fsp3) is 0.500.